The van der Waals surface area contributed by atoms with Crippen LogP contribution in [0.4, 0.5) is 4.79 Å². The van der Waals surface area contributed by atoms with E-state index in [0.717, 1.165) is 30.6 Å². The van der Waals surface area contributed by atoms with Crippen molar-refractivity contribution in [3.05, 3.63) is 36.2 Å². The van der Waals surface area contributed by atoms with Gasteiger partial charge in [-0.3, -0.25) is 4.90 Å². The molecule has 2 aromatic rings. The molecule has 31 heavy (non-hydrogen) atoms. The van der Waals surface area contributed by atoms with Crippen LogP contribution in [0.2, 0.25) is 18.1 Å². The van der Waals surface area contributed by atoms with E-state index in [1.54, 1.807) is 7.05 Å². The van der Waals surface area contributed by atoms with Crippen LogP contribution < -0.4 is 0 Å². The first-order valence-corrected chi connectivity index (χ1v) is 13.6. The number of aromatic nitrogens is 2. The molecule has 1 N–H and O–H groups in total. The fourth-order valence-electron chi connectivity index (χ4n) is 3.66. The monoisotopic (exact) mass is 446 g/mol. The molecule has 0 radical (unpaired) electrons. The van der Waals surface area contributed by atoms with Gasteiger partial charge in [0.15, 0.2) is 8.32 Å². The van der Waals surface area contributed by atoms with Crippen LogP contribution in [0, 0.1) is 0 Å². The van der Waals surface area contributed by atoms with Crippen LogP contribution in [0.1, 0.15) is 38.8 Å². The van der Waals surface area contributed by atoms with Gasteiger partial charge in [-0.25, -0.2) is 4.79 Å². The minimum absolute atomic E-state index is 0.168. The number of likely N-dealkylation sites (N-methyl/N-ethyl adjacent to an activating group) is 1. The first kappa shape index (κ1) is 23.4. The maximum absolute atomic E-state index is 11.8. The number of hydrogen-bond donors (Lipinski definition) is 1. The molecule has 0 unspecified atom stereocenters. The van der Waals surface area contributed by atoms with Gasteiger partial charge >= 0.3 is 6.09 Å². The Kier molecular flexibility index (Phi) is 6.87. The highest BCUT2D eigenvalue weighted by molar-refractivity contribution is 6.74. The Hall–Kier alpha value is -2.23. The number of amides is 1. The van der Waals surface area contributed by atoms with Crippen molar-refractivity contribution in [2.24, 2.45) is 0 Å². The van der Waals surface area contributed by atoms with Crippen molar-refractivity contribution in [2.45, 2.75) is 57.5 Å². The van der Waals surface area contributed by atoms with E-state index in [4.69, 9.17) is 8.84 Å². The van der Waals surface area contributed by atoms with Gasteiger partial charge in [0.25, 0.3) is 0 Å². The number of rotatable bonds is 7. The highest BCUT2D eigenvalue weighted by atomic mass is 28.4. The lowest BCUT2D eigenvalue weighted by molar-refractivity contribution is 0.121. The Morgan fingerprint density at radius 1 is 1.42 bits per heavy atom. The van der Waals surface area contributed by atoms with Crippen LogP contribution in [0.25, 0.3) is 11.5 Å². The second-order valence-corrected chi connectivity index (χ2v) is 14.6. The molecule has 1 amide bonds. The van der Waals surface area contributed by atoms with Gasteiger partial charge in [-0.1, -0.05) is 32.9 Å². The zero-order valence-corrected chi connectivity index (χ0v) is 20.3. The average Bonchev–Trinajstić information content (AvgIpc) is 3.36. The van der Waals surface area contributed by atoms with Crippen LogP contribution in [0.3, 0.4) is 0 Å². The normalized spacial score (nSPS) is 18.8. The topological polar surface area (TPSA) is 91.9 Å². The van der Waals surface area contributed by atoms with Crippen LogP contribution in [0.5, 0.6) is 0 Å². The van der Waals surface area contributed by atoms with Crippen molar-refractivity contribution in [2.75, 3.05) is 26.7 Å². The van der Waals surface area contributed by atoms with Gasteiger partial charge < -0.3 is 18.8 Å². The van der Waals surface area contributed by atoms with E-state index < -0.39 is 14.4 Å². The van der Waals surface area contributed by atoms with Gasteiger partial charge in [-0.05, 0) is 42.2 Å². The SMILES string of the molecule is CN(C(=O)O)[C@H](CN1CC[C@H](O[Si](C)(C)C(C)(C)C)C1)c1cccc(-c2nnco2)c1. The number of benzene rings is 1. The Bertz CT molecular complexity index is 882. The predicted molar refractivity (Wildman–Crippen MR) is 121 cm³/mol. The van der Waals surface area contributed by atoms with E-state index in [-0.39, 0.29) is 17.2 Å². The molecule has 2 atom stereocenters. The molecule has 3 rings (SSSR count). The van der Waals surface area contributed by atoms with Crippen molar-refractivity contribution in [1.82, 2.24) is 20.0 Å². The van der Waals surface area contributed by atoms with Gasteiger partial charge in [-0.15, -0.1) is 10.2 Å². The Morgan fingerprint density at radius 2 is 2.16 bits per heavy atom. The van der Waals surface area contributed by atoms with E-state index in [1.807, 2.05) is 24.3 Å². The first-order chi connectivity index (χ1) is 14.5. The molecule has 1 aliphatic heterocycles. The average molecular weight is 447 g/mol. The predicted octanol–water partition coefficient (Wildman–Crippen LogP) is 4.48. The van der Waals surface area contributed by atoms with Crippen molar-refractivity contribution in [1.29, 1.82) is 0 Å². The summed E-state index contributed by atoms with van der Waals surface area (Å²) in [7, 11) is -0.219. The van der Waals surface area contributed by atoms with E-state index >= 15 is 0 Å². The van der Waals surface area contributed by atoms with Crippen molar-refractivity contribution < 1.29 is 18.7 Å². The van der Waals surface area contributed by atoms with Crippen LogP contribution >= 0.6 is 0 Å². The molecule has 1 aromatic carbocycles. The Morgan fingerprint density at radius 3 is 2.77 bits per heavy atom. The zero-order valence-electron chi connectivity index (χ0n) is 19.3. The van der Waals surface area contributed by atoms with E-state index in [9.17, 15) is 9.90 Å². The lowest BCUT2D eigenvalue weighted by atomic mass is 10.0. The smallest absolute Gasteiger partial charge is 0.407 e. The summed E-state index contributed by atoms with van der Waals surface area (Å²) in [6.45, 7) is 13.6. The van der Waals surface area contributed by atoms with Crippen molar-refractivity contribution in [3.63, 3.8) is 0 Å². The summed E-state index contributed by atoms with van der Waals surface area (Å²) in [4.78, 5) is 15.5. The Balaban J connectivity index is 1.75. The molecule has 0 aliphatic carbocycles. The summed E-state index contributed by atoms with van der Waals surface area (Å²) in [5, 5.41) is 17.5. The summed E-state index contributed by atoms with van der Waals surface area (Å²) in [5.74, 6) is 0.419. The van der Waals surface area contributed by atoms with E-state index in [0.29, 0.717) is 12.4 Å². The van der Waals surface area contributed by atoms with Gasteiger partial charge in [0.1, 0.15) is 0 Å². The van der Waals surface area contributed by atoms with Crippen LogP contribution in [0.15, 0.2) is 35.1 Å². The number of hydrogen-bond acceptors (Lipinski definition) is 6. The Labute approximate surface area is 185 Å². The maximum Gasteiger partial charge on any atom is 0.407 e. The van der Waals surface area contributed by atoms with Crippen LogP contribution in [-0.4, -0.2) is 72.3 Å². The molecular weight excluding hydrogens is 412 g/mol. The summed E-state index contributed by atoms with van der Waals surface area (Å²) >= 11 is 0. The van der Waals surface area contributed by atoms with Crippen molar-refractivity contribution >= 4 is 14.4 Å². The molecule has 0 spiro atoms. The summed E-state index contributed by atoms with van der Waals surface area (Å²) in [6.07, 6.45) is 1.50. The van der Waals surface area contributed by atoms with Crippen molar-refractivity contribution in [3.8, 4) is 11.5 Å². The number of nitrogens with zero attached hydrogens (tertiary/aromatic N) is 4. The third-order valence-corrected chi connectivity index (χ3v) is 11.1. The lowest BCUT2D eigenvalue weighted by Crippen LogP contribution is -2.45. The highest BCUT2D eigenvalue weighted by Crippen LogP contribution is 2.38. The summed E-state index contributed by atoms with van der Waals surface area (Å²) < 4.78 is 11.9. The van der Waals surface area contributed by atoms with Crippen LogP contribution in [-0.2, 0) is 4.43 Å². The second kappa shape index (κ2) is 9.10. The molecule has 1 aliphatic rings. The minimum atomic E-state index is -1.84. The molecule has 1 saturated heterocycles. The summed E-state index contributed by atoms with van der Waals surface area (Å²) in [6, 6.07) is 7.34. The zero-order chi connectivity index (χ0) is 22.8. The third-order valence-electron chi connectivity index (χ3n) is 6.58. The number of likely N-dealkylation sites (tertiary alicyclic amines) is 1. The molecule has 1 aromatic heterocycles. The molecule has 0 saturated carbocycles. The molecule has 1 fully saturated rings. The van der Waals surface area contributed by atoms with E-state index in [2.05, 4.69) is 49.0 Å². The first-order valence-electron chi connectivity index (χ1n) is 10.7. The second-order valence-electron chi connectivity index (χ2n) is 9.83. The summed E-state index contributed by atoms with van der Waals surface area (Å²) in [5.41, 5.74) is 1.67. The lowest BCUT2D eigenvalue weighted by Gasteiger charge is -2.38. The van der Waals surface area contributed by atoms with E-state index in [1.165, 1.54) is 11.3 Å². The molecule has 9 heteroatoms. The number of carboxylic acid groups (broad SMARTS) is 1. The third kappa shape index (κ3) is 5.52. The van der Waals surface area contributed by atoms with Gasteiger partial charge in [0.2, 0.25) is 12.3 Å². The molecule has 2 heterocycles. The minimum Gasteiger partial charge on any atom is -0.465 e. The largest absolute Gasteiger partial charge is 0.465 e. The van der Waals surface area contributed by atoms with Gasteiger partial charge in [-0.2, -0.15) is 0 Å². The fourth-order valence-corrected chi connectivity index (χ4v) is 5.04. The van der Waals surface area contributed by atoms with Gasteiger partial charge in [0.05, 0.1) is 12.1 Å². The van der Waals surface area contributed by atoms with Gasteiger partial charge in [0, 0.05) is 32.2 Å². The molecule has 0 bridgehead atoms. The number of carbonyl (C=O) groups is 1. The molecular formula is C22H34N4O4Si. The quantitative estimate of drug-likeness (QED) is 0.627. The highest BCUT2D eigenvalue weighted by Gasteiger charge is 2.41. The molecule has 8 nitrogen and oxygen atoms in total. The maximum atomic E-state index is 11.8. The standard InChI is InChI=1S/C22H34N4O4Si/c1-22(2,3)31(5,6)30-18-10-11-26(13-18)14-19(25(4)21(27)28)16-8-7-9-17(12-16)20-24-23-15-29-20/h7-9,12,15,18-19H,10-11,13-14H2,1-6H3,(H,27,28)/t18-,19+/m0/s1. The molecule has 170 valence electrons. The fraction of sp³-hybridized carbons (Fsp3) is 0.591.